The highest BCUT2D eigenvalue weighted by Gasteiger charge is 2.56. The molecule has 3 unspecified atom stereocenters. The molecule has 2 aliphatic rings. The fourth-order valence-corrected chi connectivity index (χ4v) is 6.21. The fourth-order valence-electron chi connectivity index (χ4n) is 6.21. The molecule has 0 saturated carbocycles. The minimum atomic E-state index is -0.229. The van der Waals surface area contributed by atoms with Crippen LogP contribution in [0.1, 0.15) is 102 Å². The Labute approximate surface area is 179 Å². The van der Waals surface area contributed by atoms with Crippen molar-refractivity contribution in [3.8, 4) is 0 Å². The Morgan fingerprint density at radius 2 is 1.45 bits per heavy atom. The molecule has 0 aliphatic carbocycles. The second kappa shape index (κ2) is 7.66. The number of amides is 2. The van der Waals surface area contributed by atoms with Gasteiger partial charge in [0.15, 0.2) is 0 Å². The molecule has 2 amide bonds. The number of carbonyl (C=O) groups is 2. The lowest BCUT2D eigenvalue weighted by molar-refractivity contribution is -0.145. The standard InChI is InChI=1S/C25H46N2O2/c1-12-16(22(2,3)4)13-18-19(23(5,6)7)21(29)27(20(18)28)17-14-24(8,9)26-25(10,11)15-17/h16-19,26H,12-15H2,1-11H3. The number of carbonyl (C=O) groups excluding carboxylic acids is 2. The molecule has 0 aromatic carbocycles. The van der Waals surface area contributed by atoms with Gasteiger partial charge in [-0.15, -0.1) is 0 Å². The highest BCUT2D eigenvalue weighted by atomic mass is 16.2. The van der Waals surface area contributed by atoms with Gasteiger partial charge in [0.25, 0.3) is 0 Å². The number of nitrogens with zero attached hydrogens (tertiary/aromatic N) is 1. The molecule has 0 radical (unpaired) electrons. The van der Waals surface area contributed by atoms with E-state index in [-0.39, 0.29) is 51.6 Å². The summed E-state index contributed by atoms with van der Waals surface area (Å²) in [6, 6.07) is -0.0224. The molecule has 0 aromatic rings. The first-order valence-corrected chi connectivity index (χ1v) is 11.6. The van der Waals surface area contributed by atoms with Crippen molar-refractivity contribution >= 4 is 11.8 Å². The Bertz CT molecular complexity index is 620. The van der Waals surface area contributed by atoms with E-state index in [0.717, 1.165) is 25.7 Å². The maximum Gasteiger partial charge on any atom is 0.233 e. The van der Waals surface area contributed by atoms with Gasteiger partial charge in [-0.3, -0.25) is 14.5 Å². The first-order chi connectivity index (χ1) is 12.9. The highest BCUT2D eigenvalue weighted by Crippen LogP contribution is 2.47. The van der Waals surface area contributed by atoms with Gasteiger partial charge < -0.3 is 5.32 Å². The Balaban J connectivity index is 2.41. The second-order valence-corrected chi connectivity index (χ2v) is 13.2. The summed E-state index contributed by atoms with van der Waals surface area (Å²) in [4.78, 5) is 29.2. The van der Waals surface area contributed by atoms with E-state index >= 15 is 0 Å². The molecule has 29 heavy (non-hydrogen) atoms. The van der Waals surface area contributed by atoms with Crippen LogP contribution in [0, 0.1) is 28.6 Å². The summed E-state index contributed by atoms with van der Waals surface area (Å²) in [7, 11) is 0. The van der Waals surface area contributed by atoms with Gasteiger partial charge in [-0.2, -0.15) is 0 Å². The molecule has 2 fully saturated rings. The lowest BCUT2D eigenvalue weighted by atomic mass is 9.67. The summed E-state index contributed by atoms with van der Waals surface area (Å²) in [6.45, 7) is 24.0. The molecule has 2 rings (SSSR count). The van der Waals surface area contributed by atoms with E-state index in [9.17, 15) is 9.59 Å². The maximum atomic E-state index is 13.8. The van der Waals surface area contributed by atoms with E-state index in [4.69, 9.17) is 0 Å². The monoisotopic (exact) mass is 406 g/mol. The number of nitrogens with one attached hydrogen (secondary N) is 1. The predicted molar refractivity (Wildman–Crippen MR) is 120 cm³/mol. The molecule has 0 bridgehead atoms. The minimum absolute atomic E-state index is 0.0224. The SMILES string of the molecule is CCC(CC1C(=O)N(C2CC(C)(C)NC(C)(C)C2)C(=O)C1C(C)(C)C)C(C)(C)C. The van der Waals surface area contributed by atoms with E-state index in [1.807, 2.05) is 0 Å². The number of rotatable bonds is 4. The molecular formula is C25H46N2O2. The fraction of sp³-hybridized carbons (Fsp3) is 0.920. The van der Waals surface area contributed by atoms with E-state index < -0.39 is 0 Å². The minimum Gasteiger partial charge on any atom is -0.307 e. The number of likely N-dealkylation sites (tertiary alicyclic amines) is 1. The van der Waals surface area contributed by atoms with Crippen LogP contribution in [0.2, 0.25) is 0 Å². The molecule has 0 spiro atoms. The van der Waals surface area contributed by atoms with Gasteiger partial charge in [-0.1, -0.05) is 54.9 Å². The smallest absolute Gasteiger partial charge is 0.233 e. The van der Waals surface area contributed by atoms with Crippen LogP contribution >= 0.6 is 0 Å². The molecule has 3 atom stereocenters. The third-order valence-corrected chi connectivity index (χ3v) is 7.18. The predicted octanol–water partition coefficient (Wildman–Crippen LogP) is 5.41. The van der Waals surface area contributed by atoms with E-state index in [0.29, 0.717) is 5.92 Å². The quantitative estimate of drug-likeness (QED) is 0.635. The second-order valence-electron chi connectivity index (χ2n) is 13.2. The lowest BCUT2D eigenvalue weighted by Crippen LogP contribution is -2.63. The van der Waals surface area contributed by atoms with E-state index in [1.54, 1.807) is 4.90 Å². The number of piperidine rings is 1. The number of hydrogen-bond acceptors (Lipinski definition) is 3. The molecule has 168 valence electrons. The first kappa shape index (κ1) is 24.4. The van der Waals surface area contributed by atoms with Crippen LogP contribution in [0.5, 0.6) is 0 Å². The molecule has 2 saturated heterocycles. The Morgan fingerprint density at radius 1 is 0.966 bits per heavy atom. The number of imide groups is 1. The topological polar surface area (TPSA) is 49.4 Å². The van der Waals surface area contributed by atoms with Crippen LogP contribution in [-0.2, 0) is 9.59 Å². The van der Waals surface area contributed by atoms with Crippen molar-refractivity contribution in [2.45, 2.75) is 119 Å². The summed E-state index contributed by atoms with van der Waals surface area (Å²) in [5.74, 6) is 0.140. The van der Waals surface area contributed by atoms with Gasteiger partial charge >= 0.3 is 0 Å². The van der Waals surface area contributed by atoms with Crippen LogP contribution in [-0.4, -0.2) is 33.8 Å². The summed E-state index contributed by atoms with van der Waals surface area (Å²) >= 11 is 0. The molecule has 2 heterocycles. The van der Waals surface area contributed by atoms with Crippen molar-refractivity contribution < 1.29 is 9.59 Å². The average molecular weight is 407 g/mol. The molecular weight excluding hydrogens is 360 g/mol. The molecule has 2 aliphatic heterocycles. The van der Waals surface area contributed by atoms with Gasteiger partial charge in [0.2, 0.25) is 11.8 Å². The van der Waals surface area contributed by atoms with Gasteiger partial charge in [0.1, 0.15) is 0 Å². The molecule has 4 heteroatoms. The normalized spacial score (nSPS) is 29.4. The Kier molecular flexibility index (Phi) is 6.43. The lowest BCUT2D eigenvalue weighted by Gasteiger charge is -2.48. The molecule has 0 aromatic heterocycles. The number of hydrogen-bond donors (Lipinski definition) is 1. The van der Waals surface area contributed by atoms with Crippen molar-refractivity contribution in [1.82, 2.24) is 10.2 Å². The van der Waals surface area contributed by atoms with Gasteiger partial charge in [-0.25, -0.2) is 0 Å². The summed E-state index contributed by atoms with van der Waals surface area (Å²) < 4.78 is 0. The van der Waals surface area contributed by atoms with Crippen LogP contribution < -0.4 is 5.32 Å². The largest absolute Gasteiger partial charge is 0.307 e. The average Bonchev–Trinajstić information content (AvgIpc) is 2.70. The zero-order chi connectivity index (χ0) is 22.6. The van der Waals surface area contributed by atoms with Crippen molar-refractivity contribution in [3.05, 3.63) is 0 Å². The zero-order valence-corrected chi connectivity index (χ0v) is 20.9. The molecule has 4 nitrogen and oxygen atoms in total. The summed E-state index contributed by atoms with van der Waals surface area (Å²) in [5.41, 5.74) is -0.285. The van der Waals surface area contributed by atoms with Crippen molar-refractivity contribution in [1.29, 1.82) is 0 Å². The van der Waals surface area contributed by atoms with E-state index in [2.05, 4.69) is 81.5 Å². The summed E-state index contributed by atoms with van der Waals surface area (Å²) in [6.07, 6.45) is 3.47. The Hall–Kier alpha value is -0.900. The van der Waals surface area contributed by atoms with Crippen molar-refractivity contribution in [2.75, 3.05) is 0 Å². The summed E-state index contributed by atoms with van der Waals surface area (Å²) in [5, 5.41) is 3.68. The van der Waals surface area contributed by atoms with Crippen LogP contribution in [0.25, 0.3) is 0 Å². The van der Waals surface area contributed by atoms with Gasteiger partial charge in [0.05, 0.1) is 11.8 Å². The van der Waals surface area contributed by atoms with Gasteiger partial charge in [0, 0.05) is 17.1 Å². The van der Waals surface area contributed by atoms with Crippen LogP contribution in [0.4, 0.5) is 0 Å². The maximum absolute atomic E-state index is 13.8. The van der Waals surface area contributed by atoms with Crippen molar-refractivity contribution in [3.63, 3.8) is 0 Å². The van der Waals surface area contributed by atoms with Crippen LogP contribution in [0.3, 0.4) is 0 Å². The van der Waals surface area contributed by atoms with Crippen LogP contribution in [0.15, 0.2) is 0 Å². The first-order valence-electron chi connectivity index (χ1n) is 11.6. The zero-order valence-electron chi connectivity index (χ0n) is 20.9. The highest BCUT2D eigenvalue weighted by molar-refractivity contribution is 6.05. The Morgan fingerprint density at radius 3 is 1.83 bits per heavy atom. The third-order valence-electron chi connectivity index (χ3n) is 7.18. The van der Waals surface area contributed by atoms with Crippen molar-refractivity contribution in [2.24, 2.45) is 28.6 Å². The molecule has 1 N–H and O–H groups in total. The van der Waals surface area contributed by atoms with Gasteiger partial charge in [-0.05, 0) is 63.7 Å². The van der Waals surface area contributed by atoms with E-state index in [1.165, 1.54) is 0 Å². The third kappa shape index (κ3) is 5.24.